The van der Waals surface area contributed by atoms with Gasteiger partial charge in [-0.3, -0.25) is 9.59 Å². The summed E-state index contributed by atoms with van der Waals surface area (Å²) in [5, 5.41) is 22.2. The molecule has 0 unspecified atom stereocenters. The number of aromatic amines is 2. The van der Waals surface area contributed by atoms with Crippen LogP contribution in [0.4, 0.5) is 0 Å². The fourth-order valence-corrected chi connectivity index (χ4v) is 1.71. The number of hydrogen-bond donors (Lipinski definition) is 3. The molecule has 0 bridgehead atoms. The molecule has 0 radical (unpaired) electrons. The zero-order valence-electron chi connectivity index (χ0n) is 23.3. The molecule has 3 rings (SSSR count). The van der Waals surface area contributed by atoms with Gasteiger partial charge in [-0.25, -0.2) is 0 Å². The Hall–Kier alpha value is -2.99. The van der Waals surface area contributed by atoms with Crippen LogP contribution in [0.1, 0.15) is 65.8 Å². The SMILES string of the molecule is C.C=C1C=CC(C)=CC1=O.CC=O.CCCCNC(=O)CC.CSSC.Cc1cn[nH]n1.Cc1cn[nH]n1. The number of nitrogens with zero attached hydrogens (tertiary/aromatic N) is 4. The van der Waals surface area contributed by atoms with E-state index in [1.807, 2.05) is 33.8 Å². The lowest BCUT2D eigenvalue weighted by atomic mass is 10.0. The van der Waals surface area contributed by atoms with Gasteiger partial charge in [0.15, 0.2) is 5.78 Å². The second-order valence-corrected chi connectivity index (χ2v) is 9.63. The number of carbonyl (C=O) groups excluding carboxylic acids is 3. The number of H-pyrrole nitrogens is 2. The highest BCUT2D eigenvalue weighted by Gasteiger charge is 2.03. The van der Waals surface area contributed by atoms with Crippen molar-refractivity contribution < 1.29 is 14.4 Å². The molecule has 12 heteroatoms. The Morgan fingerprint density at radius 3 is 1.74 bits per heavy atom. The van der Waals surface area contributed by atoms with Gasteiger partial charge in [0.2, 0.25) is 5.91 Å². The van der Waals surface area contributed by atoms with Gasteiger partial charge in [0.05, 0.1) is 23.8 Å². The number of rotatable bonds is 5. The third-order valence-corrected chi connectivity index (χ3v) is 4.97. The summed E-state index contributed by atoms with van der Waals surface area (Å²) >= 11 is 0. The van der Waals surface area contributed by atoms with E-state index in [2.05, 4.69) is 62.2 Å². The molecule has 1 aliphatic rings. The Morgan fingerprint density at radius 1 is 1.03 bits per heavy atom. The van der Waals surface area contributed by atoms with Crippen LogP contribution in [0, 0.1) is 13.8 Å². The first kappa shape index (κ1) is 42.1. The zero-order chi connectivity index (χ0) is 28.9. The van der Waals surface area contributed by atoms with E-state index in [-0.39, 0.29) is 19.1 Å². The molecule has 1 amide bonds. The van der Waals surface area contributed by atoms with Gasteiger partial charge in [0.1, 0.15) is 6.29 Å². The topological polar surface area (TPSA) is 146 Å². The maximum absolute atomic E-state index is 10.8. The number of unbranched alkanes of at least 4 members (excludes halogenated alkanes) is 1. The lowest BCUT2D eigenvalue weighted by Gasteiger charge is -2.00. The van der Waals surface area contributed by atoms with Crippen LogP contribution in [0.25, 0.3) is 0 Å². The number of amides is 1. The summed E-state index contributed by atoms with van der Waals surface area (Å²) in [6, 6.07) is 0. The van der Waals surface area contributed by atoms with E-state index >= 15 is 0 Å². The first-order chi connectivity index (χ1) is 17.6. The maximum atomic E-state index is 10.8. The van der Waals surface area contributed by atoms with Crippen molar-refractivity contribution in [3.05, 3.63) is 59.7 Å². The average Bonchev–Trinajstić information content (AvgIpc) is 3.57. The monoisotopic (exact) mass is 569 g/mol. The van der Waals surface area contributed by atoms with Crippen LogP contribution in [-0.4, -0.2) is 67.9 Å². The standard InChI is InChI=1S/C8H8O.C7H15NO.2C3H5N3.C2H4O.C2H6S2.CH4/c1-6-3-4-7(2)8(9)5-6;1-3-5-6-8-7(9)4-2;2*1-3-2-4-6-5-3;1-2-3;1-3-4-2;/h3-5H,2H2,1H3;3-6H2,1-2H3,(H,8,9);2*2H,1H3,(H,4,5,6);2H,1H3;1-2H3;1H4. The molecule has 0 atom stereocenters. The number of hydrogen-bond acceptors (Lipinski definition) is 9. The Bertz CT molecular complexity index is 849. The molecule has 38 heavy (non-hydrogen) atoms. The molecule has 0 aliphatic heterocycles. The Labute approximate surface area is 236 Å². The van der Waals surface area contributed by atoms with Crippen LogP contribution in [0.2, 0.25) is 0 Å². The van der Waals surface area contributed by atoms with E-state index in [9.17, 15) is 9.59 Å². The largest absolute Gasteiger partial charge is 0.356 e. The van der Waals surface area contributed by atoms with Crippen molar-refractivity contribution in [2.45, 2.75) is 68.2 Å². The van der Waals surface area contributed by atoms with Gasteiger partial charge in [-0.05, 0) is 58.3 Å². The third-order valence-electron chi connectivity index (χ3n) is 3.63. The predicted octanol–water partition coefficient (Wildman–Crippen LogP) is 5.64. The number of carbonyl (C=O) groups is 3. The molecule has 2 aromatic rings. The van der Waals surface area contributed by atoms with Gasteiger partial charge in [0, 0.05) is 18.5 Å². The van der Waals surface area contributed by atoms with Crippen LogP contribution in [0.3, 0.4) is 0 Å². The van der Waals surface area contributed by atoms with Gasteiger partial charge in [-0.1, -0.05) is 68.0 Å². The maximum Gasteiger partial charge on any atom is 0.219 e. The first-order valence-electron chi connectivity index (χ1n) is 11.6. The second-order valence-electron chi connectivity index (χ2n) is 6.96. The van der Waals surface area contributed by atoms with Gasteiger partial charge in [-0.15, -0.1) is 0 Å². The molecule has 0 aromatic carbocycles. The third kappa shape index (κ3) is 33.0. The molecule has 0 spiro atoms. The van der Waals surface area contributed by atoms with Gasteiger partial charge < -0.3 is 10.1 Å². The van der Waals surface area contributed by atoms with Crippen molar-refractivity contribution in [1.29, 1.82) is 0 Å². The highest BCUT2D eigenvalue weighted by molar-refractivity contribution is 8.76. The van der Waals surface area contributed by atoms with Crippen molar-refractivity contribution in [1.82, 2.24) is 36.1 Å². The Morgan fingerprint density at radius 2 is 1.50 bits per heavy atom. The van der Waals surface area contributed by atoms with E-state index in [1.165, 1.54) is 6.92 Å². The Kier molecular flexibility index (Phi) is 35.5. The molecule has 2 heterocycles. The number of allylic oxidation sites excluding steroid dienone is 5. The van der Waals surface area contributed by atoms with E-state index in [4.69, 9.17) is 4.79 Å². The Balaban J connectivity index is -0.000000188. The minimum Gasteiger partial charge on any atom is -0.356 e. The highest BCUT2D eigenvalue weighted by Crippen LogP contribution is 2.09. The summed E-state index contributed by atoms with van der Waals surface area (Å²) in [7, 11) is 3.55. The van der Waals surface area contributed by atoms with E-state index < -0.39 is 0 Å². The summed E-state index contributed by atoms with van der Waals surface area (Å²) < 4.78 is 0. The van der Waals surface area contributed by atoms with Crippen molar-refractivity contribution in [3.63, 3.8) is 0 Å². The number of aryl methyl sites for hydroxylation is 2. The minimum atomic E-state index is 0. The first-order valence-corrected chi connectivity index (χ1v) is 14.6. The summed E-state index contributed by atoms with van der Waals surface area (Å²) in [5.74, 6) is 0.179. The van der Waals surface area contributed by atoms with Gasteiger partial charge in [-0.2, -0.15) is 30.8 Å². The van der Waals surface area contributed by atoms with Crippen LogP contribution in [0.15, 0.2) is 48.3 Å². The zero-order valence-corrected chi connectivity index (χ0v) is 25.0. The second kappa shape index (κ2) is 32.0. The number of ketones is 1. The van der Waals surface area contributed by atoms with Crippen molar-refractivity contribution in [2.24, 2.45) is 0 Å². The molecular formula is C26H47N7O3S2. The number of nitrogens with one attached hydrogen (secondary N) is 3. The van der Waals surface area contributed by atoms with Crippen LogP contribution in [-0.2, 0) is 14.4 Å². The molecular weight excluding hydrogens is 522 g/mol. The van der Waals surface area contributed by atoms with E-state index in [0.29, 0.717) is 12.0 Å². The molecule has 10 nitrogen and oxygen atoms in total. The molecule has 0 saturated carbocycles. The normalized spacial score (nSPS) is 10.4. The fourth-order valence-electron chi connectivity index (χ4n) is 1.71. The lowest BCUT2D eigenvalue weighted by Crippen LogP contribution is -2.22. The molecule has 0 saturated heterocycles. The van der Waals surface area contributed by atoms with Gasteiger partial charge in [0.25, 0.3) is 0 Å². The quantitative estimate of drug-likeness (QED) is 0.180. The minimum absolute atomic E-state index is 0. The molecule has 0 fully saturated rings. The van der Waals surface area contributed by atoms with Crippen molar-refractivity contribution >= 4 is 39.6 Å². The summed E-state index contributed by atoms with van der Waals surface area (Å²) in [6.07, 6.45) is 16.2. The fraction of sp³-hybridized carbons (Fsp3) is 0.500. The lowest BCUT2D eigenvalue weighted by molar-refractivity contribution is -0.120. The summed E-state index contributed by atoms with van der Waals surface area (Å²) in [6.45, 7) is 15.4. The molecule has 3 N–H and O–H groups in total. The highest BCUT2D eigenvalue weighted by atomic mass is 33.1. The van der Waals surface area contributed by atoms with Gasteiger partial charge >= 0.3 is 0 Å². The van der Waals surface area contributed by atoms with Crippen LogP contribution in [0.5, 0.6) is 0 Å². The van der Waals surface area contributed by atoms with Crippen LogP contribution < -0.4 is 5.32 Å². The molecule has 1 aliphatic carbocycles. The smallest absolute Gasteiger partial charge is 0.219 e. The molecule has 2 aromatic heterocycles. The average molecular weight is 570 g/mol. The van der Waals surface area contributed by atoms with E-state index in [0.717, 1.165) is 42.6 Å². The number of aromatic nitrogens is 6. The predicted molar refractivity (Wildman–Crippen MR) is 163 cm³/mol. The van der Waals surface area contributed by atoms with Crippen LogP contribution >= 0.6 is 21.6 Å². The molecule has 216 valence electrons. The number of aldehydes is 1. The van der Waals surface area contributed by atoms with Crippen molar-refractivity contribution in [2.75, 3.05) is 19.1 Å². The van der Waals surface area contributed by atoms with Crippen molar-refractivity contribution in [3.8, 4) is 0 Å². The van der Waals surface area contributed by atoms with E-state index in [1.54, 1.807) is 46.1 Å². The summed E-state index contributed by atoms with van der Waals surface area (Å²) in [4.78, 5) is 30.2. The summed E-state index contributed by atoms with van der Waals surface area (Å²) in [5.41, 5.74) is 3.41.